The Balaban J connectivity index is 1.64. The van der Waals surface area contributed by atoms with Gasteiger partial charge in [0.25, 0.3) is 5.91 Å². The van der Waals surface area contributed by atoms with Crippen molar-refractivity contribution in [3.8, 4) is 0 Å². The van der Waals surface area contributed by atoms with Crippen LogP contribution in [0.25, 0.3) is 0 Å². The summed E-state index contributed by atoms with van der Waals surface area (Å²) in [5, 5.41) is 3.23. The van der Waals surface area contributed by atoms with Crippen molar-refractivity contribution in [1.29, 1.82) is 0 Å². The van der Waals surface area contributed by atoms with Gasteiger partial charge in [0.2, 0.25) is 0 Å². The number of ether oxygens (including phenoxy) is 1. The normalized spacial score (nSPS) is 10.8. The lowest BCUT2D eigenvalue weighted by molar-refractivity contribution is -0.119. The van der Waals surface area contributed by atoms with Crippen molar-refractivity contribution in [2.45, 2.75) is 20.4 Å². The number of furan rings is 1. The number of rotatable bonds is 6. The maximum atomic E-state index is 12.5. The predicted molar refractivity (Wildman–Crippen MR) is 112 cm³/mol. The highest BCUT2D eigenvalue weighted by Gasteiger charge is 2.19. The lowest BCUT2D eigenvalue weighted by Gasteiger charge is -2.10. The highest BCUT2D eigenvalue weighted by molar-refractivity contribution is 6.42. The maximum absolute atomic E-state index is 12.5. The minimum absolute atomic E-state index is 0.184. The summed E-state index contributed by atoms with van der Waals surface area (Å²) in [4.78, 5) is 24.6. The van der Waals surface area contributed by atoms with Gasteiger partial charge in [0.1, 0.15) is 5.76 Å². The van der Waals surface area contributed by atoms with Crippen LogP contribution in [0.2, 0.25) is 15.1 Å². The first-order chi connectivity index (χ1) is 13.8. The molecule has 0 bridgehead atoms. The number of benzene rings is 1. The fourth-order valence-electron chi connectivity index (χ4n) is 2.86. The van der Waals surface area contributed by atoms with E-state index in [0.717, 1.165) is 11.5 Å². The van der Waals surface area contributed by atoms with E-state index in [4.69, 9.17) is 44.0 Å². The molecule has 0 radical (unpaired) electrons. The van der Waals surface area contributed by atoms with Gasteiger partial charge < -0.3 is 19.0 Å². The van der Waals surface area contributed by atoms with Gasteiger partial charge in [-0.25, -0.2) is 4.79 Å². The van der Waals surface area contributed by atoms with Crippen molar-refractivity contribution < 1.29 is 18.7 Å². The first kappa shape index (κ1) is 21.3. The van der Waals surface area contributed by atoms with E-state index in [-0.39, 0.29) is 15.7 Å². The zero-order valence-corrected chi connectivity index (χ0v) is 17.9. The third kappa shape index (κ3) is 4.96. The van der Waals surface area contributed by atoms with Crippen LogP contribution in [0.3, 0.4) is 0 Å². The Bertz CT molecular complexity index is 1040. The van der Waals surface area contributed by atoms with Crippen LogP contribution in [0.1, 0.15) is 27.5 Å². The van der Waals surface area contributed by atoms with E-state index in [0.29, 0.717) is 22.8 Å². The van der Waals surface area contributed by atoms with Crippen molar-refractivity contribution in [2.24, 2.45) is 0 Å². The molecule has 3 rings (SSSR count). The highest BCUT2D eigenvalue weighted by atomic mass is 35.5. The quantitative estimate of drug-likeness (QED) is 0.498. The first-order valence-corrected chi connectivity index (χ1v) is 9.70. The van der Waals surface area contributed by atoms with Crippen LogP contribution in [-0.4, -0.2) is 23.1 Å². The van der Waals surface area contributed by atoms with Crippen LogP contribution >= 0.6 is 34.8 Å². The molecule has 0 aliphatic carbocycles. The topological polar surface area (TPSA) is 73.5 Å². The summed E-state index contributed by atoms with van der Waals surface area (Å²) in [6.07, 6.45) is 1.59. The summed E-state index contributed by atoms with van der Waals surface area (Å²) >= 11 is 17.9. The molecule has 6 nitrogen and oxygen atoms in total. The Labute approximate surface area is 182 Å². The van der Waals surface area contributed by atoms with Gasteiger partial charge in [0.05, 0.1) is 34.1 Å². The number of nitrogens with zero attached hydrogens (tertiary/aromatic N) is 1. The number of carbonyl (C=O) groups excluding carboxylic acids is 2. The van der Waals surface area contributed by atoms with Gasteiger partial charge in [-0.05, 0) is 44.2 Å². The number of esters is 1. The van der Waals surface area contributed by atoms with Crippen LogP contribution in [0.15, 0.2) is 41.0 Å². The maximum Gasteiger partial charge on any atom is 0.340 e. The summed E-state index contributed by atoms with van der Waals surface area (Å²) in [5.74, 6) is -0.413. The van der Waals surface area contributed by atoms with E-state index in [9.17, 15) is 9.59 Å². The molecular formula is C20H17Cl3N2O4. The van der Waals surface area contributed by atoms with Gasteiger partial charge in [-0.15, -0.1) is 0 Å². The second kappa shape index (κ2) is 8.95. The minimum atomic E-state index is -0.604. The molecule has 1 amide bonds. The summed E-state index contributed by atoms with van der Waals surface area (Å²) in [6, 6.07) is 8.27. The van der Waals surface area contributed by atoms with Crippen LogP contribution < -0.4 is 5.32 Å². The molecule has 3 aromatic rings. The van der Waals surface area contributed by atoms with E-state index in [1.165, 1.54) is 12.1 Å². The molecule has 0 unspecified atom stereocenters. The third-order valence-electron chi connectivity index (χ3n) is 4.29. The van der Waals surface area contributed by atoms with Crippen LogP contribution in [-0.2, 0) is 16.1 Å². The SMILES string of the molecule is Cc1cc(C(=O)OCC(=O)Nc2c(Cl)cc(Cl)cc2Cl)c(C)n1Cc1ccco1. The Morgan fingerprint density at radius 1 is 1.14 bits per heavy atom. The van der Waals surface area contributed by atoms with E-state index in [1.807, 2.05) is 17.6 Å². The van der Waals surface area contributed by atoms with Crippen LogP contribution in [0.5, 0.6) is 0 Å². The molecule has 1 aromatic carbocycles. The Morgan fingerprint density at radius 2 is 1.83 bits per heavy atom. The average Bonchev–Trinajstić information content (AvgIpc) is 3.26. The summed E-state index contributed by atoms with van der Waals surface area (Å²) in [5.41, 5.74) is 2.17. The van der Waals surface area contributed by atoms with E-state index in [1.54, 1.807) is 25.3 Å². The predicted octanol–water partition coefficient (Wildman–Crippen LogP) is 5.50. The standard InChI is InChI=1S/C20H17Cl3N2O4/c1-11-6-15(12(2)25(11)9-14-4-3-5-28-14)20(27)29-10-18(26)24-19-16(22)7-13(21)8-17(19)23/h3-8H,9-10H2,1-2H3,(H,24,26). The second-order valence-electron chi connectivity index (χ2n) is 6.32. The number of aryl methyl sites for hydroxylation is 1. The fourth-order valence-corrected chi connectivity index (χ4v) is 3.77. The number of amides is 1. The number of nitrogens with one attached hydrogen (secondary N) is 1. The van der Waals surface area contributed by atoms with Gasteiger partial charge in [-0.3, -0.25) is 4.79 Å². The molecule has 0 aliphatic heterocycles. The van der Waals surface area contributed by atoms with Gasteiger partial charge in [0.15, 0.2) is 6.61 Å². The molecule has 0 saturated heterocycles. The highest BCUT2D eigenvalue weighted by Crippen LogP contribution is 2.33. The van der Waals surface area contributed by atoms with Crippen molar-refractivity contribution in [2.75, 3.05) is 11.9 Å². The van der Waals surface area contributed by atoms with Crippen molar-refractivity contribution in [1.82, 2.24) is 4.57 Å². The Morgan fingerprint density at radius 3 is 2.45 bits per heavy atom. The second-order valence-corrected chi connectivity index (χ2v) is 7.57. The van der Waals surface area contributed by atoms with Gasteiger partial charge in [0, 0.05) is 16.4 Å². The third-order valence-corrected chi connectivity index (χ3v) is 5.11. The number of anilines is 1. The summed E-state index contributed by atoms with van der Waals surface area (Å²) in [6.45, 7) is 3.69. The van der Waals surface area contributed by atoms with Gasteiger partial charge >= 0.3 is 5.97 Å². The number of halogens is 3. The van der Waals surface area contributed by atoms with E-state index < -0.39 is 18.5 Å². The number of hydrogen-bond donors (Lipinski definition) is 1. The minimum Gasteiger partial charge on any atom is -0.467 e. The molecular weight excluding hydrogens is 439 g/mol. The van der Waals surface area contributed by atoms with E-state index in [2.05, 4.69) is 5.32 Å². The van der Waals surface area contributed by atoms with E-state index >= 15 is 0 Å². The molecule has 2 aromatic heterocycles. The zero-order chi connectivity index (χ0) is 21.1. The average molecular weight is 456 g/mol. The van der Waals surface area contributed by atoms with Crippen molar-refractivity contribution in [3.63, 3.8) is 0 Å². The molecule has 0 spiro atoms. The van der Waals surface area contributed by atoms with Crippen LogP contribution in [0, 0.1) is 13.8 Å². The first-order valence-electron chi connectivity index (χ1n) is 8.57. The summed E-state index contributed by atoms with van der Waals surface area (Å²) < 4.78 is 12.4. The van der Waals surface area contributed by atoms with Crippen molar-refractivity contribution in [3.05, 3.63) is 74.4 Å². The number of carbonyl (C=O) groups is 2. The molecule has 2 heterocycles. The lowest BCUT2D eigenvalue weighted by Crippen LogP contribution is -2.21. The molecule has 1 N–H and O–H groups in total. The molecule has 0 saturated carbocycles. The molecule has 9 heteroatoms. The van der Waals surface area contributed by atoms with Gasteiger partial charge in [-0.2, -0.15) is 0 Å². The lowest BCUT2D eigenvalue weighted by atomic mass is 10.2. The molecule has 0 fully saturated rings. The summed E-state index contributed by atoms with van der Waals surface area (Å²) in [7, 11) is 0. The smallest absolute Gasteiger partial charge is 0.340 e. The van der Waals surface area contributed by atoms with Gasteiger partial charge in [-0.1, -0.05) is 34.8 Å². The molecule has 0 aliphatic rings. The molecule has 29 heavy (non-hydrogen) atoms. The van der Waals surface area contributed by atoms with Crippen LogP contribution in [0.4, 0.5) is 5.69 Å². The Kier molecular flexibility index (Phi) is 6.57. The number of aromatic nitrogens is 1. The Hall–Kier alpha value is -2.41. The number of hydrogen-bond acceptors (Lipinski definition) is 4. The fraction of sp³-hybridized carbons (Fsp3) is 0.200. The zero-order valence-electron chi connectivity index (χ0n) is 15.6. The monoisotopic (exact) mass is 454 g/mol. The largest absolute Gasteiger partial charge is 0.467 e. The van der Waals surface area contributed by atoms with Crippen molar-refractivity contribution >= 4 is 52.4 Å². The molecule has 152 valence electrons. The molecule has 0 atom stereocenters.